The minimum Gasteiger partial charge on any atom is -0.432 e. The summed E-state index contributed by atoms with van der Waals surface area (Å²) in [5, 5.41) is 51.1. The number of carbonyl (C=O) groups excluding carboxylic acids is 1. The lowest BCUT2D eigenvalue weighted by Crippen LogP contribution is -2.62. The first-order valence-corrected chi connectivity index (χ1v) is 12.8. The predicted octanol–water partition coefficient (Wildman–Crippen LogP) is 1.41. The lowest BCUT2D eigenvalue weighted by molar-refractivity contribution is -0.298. The van der Waals surface area contributed by atoms with Crippen LogP contribution in [0.3, 0.4) is 0 Å². The highest BCUT2D eigenvalue weighted by atomic mass is 16.7. The molecule has 192 valence electrons. The first-order valence-electron chi connectivity index (χ1n) is 12.8. The molecule has 2 bridgehead atoms. The van der Waals surface area contributed by atoms with E-state index in [1.165, 1.54) is 0 Å². The van der Waals surface area contributed by atoms with E-state index in [1.807, 2.05) is 6.92 Å². The normalized spacial score (nSPS) is 54.8. The van der Waals surface area contributed by atoms with Crippen LogP contribution in [0.1, 0.15) is 71.6 Å². The molecule has 1 saturated heterocycles. The number of rotatable bonds is 3. The van der Waals surface area contributed by atoms with Crippen LogP contribution in [0, 0.1) is 28.1 Å². The SMILES string of the molecule is C=C1C[C@@]23CCC4C(C)(C(=O)O[C@@H]5O[C@H](CO)[C@H](O)[C@@H](O)[C@H]5O)CCC[C@@]4(C)C2CC[C@]1(O)C3. The minimum atomic E-state index is -1.60. The Hall–Kier alpha value is -1.03. The maximum absolute atomic E-state index is 13.7. The van der Waals surface area contributed by atoms with Gasteiger partial charge in [-0.25, -0.2) is 0 Å². The van der Waals surface area contributed by atoms with Gasteiger partial charge >= 0.3 is 5.97 Å². The number of fused-ring (bicyclic) bond motifs is 3. The Kier molecular flexibility index (Phi) is 5.79. The van der Waals surface area contributed by atoms with E-state index in [2.05, 4.69) is 13.5 Å². The fraction of sp³-hybridized carbons (Fsp3) is 0.885. The number of aliphatic hydroxyl groups excluding tert-OH is 4. The average molecular weight is 481 g/mol. The van der Waals surface area contributed by atoms with Crippen LogP contribution in [-0.2, 0) is 14.3 Å². The zero-order valence-corrected chi connectivity index (χ0v) is 20.3. The second-order valence-electron chi connectivity index (χ2n) is 12.4. The van der Waals surface area contributed by atoms with Gasteiger partial charge in [-0.2, -0.15) is 0 Å². The standard InChI is InChI=1S/C26H40O8/c1-14-11-25-9-5-16-23(2,17(25)6-10-26(14,32)13-25)7-4-8-24(16,3)22(31)34-21-20(30)19(29)18(28)15(12-27)33-21/h15-21,27-30,32H,1,4-13H2,2-3H3/t15-,16?,17?,18+,19-,20-,21+,23-,24?,25-,26+/m1/s1. The van der Waals surface area contributed by atoms with Crippen molar-refractivity contribution >= 4 is 5.97 Å². The lowest BCUT2D eigenvalue weighted by Gasteiger charge is -2.63. The number of ether oxygens (including phenoxy) is 2. The molecule has 34 heavy (non-hydrogen) atoms. The lowest BCUT2D eigenvalue weighted by atomic mass is 9.41. The van der Waals surface area contributed by atoms with Gasteiger partial charge in [-0.3, -0.25) is 4.79 Å². The van der Waals surface area contributed by atoms with Gasteiger partial charge in [0, 0.05) is 0 Å². The van der Waals surface area contributed by atoms with Gasteiger partial charge in [0.15, 0.2) is 0 Å². The van der Waals surface area contributed by atoms with Crippen molar-refractivity contribution < 1.29 is 39.8 Å². The molecule has 0 radical (unpaired) electrons. The van der Waals surface area contributed by atoms with Gasteiger partial charge in [-0.05, 0) is 86.5 Å². The maximum atomic E-state index is 13.7. The van der Waals surface area contributed by atoms with Crippen molar-refractivity contribution in [3.63, 3.8) is 0 Å². The zero-order valence-electron chi connectivity index (χ0n) is 20.3. The molecule has 5 aliphatic rings. The molecule has 0 aromatic carbocycles. The van der Waals surface area contributed by atoms with Crippen LogP contribution in [-0.4, -0.2) is 74.4 Å². The summed E-state index contributed by atoms with van der Waals surface area (Å²) in [4.78, 5) is 13.7. The van der Waals surface area contributed by atoms with Gasteiger partial charge in [0.2, 0.25) is 6.29 Å². The fourth-order valence-electron chi connectivity index (χ4n) is 9.00. The Balaban J connectivity index is 1.39. The van der Waals surface area contributed by atoms with Crippen molar-refractivity contribution in [3.8, 4) is 0 Å². The third-order valence-electron chi connectivity index (χ3n) is 10.7. The monoisotopic (exact) mass is 480 g/mol. The van der Waals surface area contributed by atoms with Crippen molar-refractivity contribution in [2.24, 2.45) is 28.1 Å². The average Bonchev–Trinajstić information content (AvgIpc) is 2.96. The predicted molar refractivity (Wildman–Crippen MR) is 121 cm³/mol. The molecule has 1 spiro atoms. The summed E-state index contributed by atoms with van der Waals surface area (Å²) < 4.78 is 11.1. The van der Waals surface area contributed by atoms with Crippen LogP contribution in [0.5, 0.6) is 0 Å². The van der Waals surface area contributed by atoms with Crippen LogP contribution in [0.25, 0.3) is 0 Å². The van der Waals surface area contributed by atoms with Crippen LogP contribution in [0.4, 0.5) is 0 Å². The van der Waals surface area contributed by atoms with Crippen molar-refractivity contribution in [1.29, 1.82) is 0 Å². The topological polar surface area (TPSA) is 137 Å². The molecule has 1 aliphatic heterocycles. The number of esters is 1. The number of carbonyl (C=O) groups is 1. The van der Waals surface area contributed by atoms with E-state index in [9.17, 15) is 30.3 Å². The molecule has 4 aliphatic carbocycles. The van der Waals surface area contributed by atoms with Gasteiger partial charge in [-0.1, -0.05) is 19.9 Å². The van der Waals surface area contributed by atoms with Crippen molar-refractivity contribution in [2.75, 3.05) is 6.61 Å². The molecule has 11 atom stereocenters. The van der Waals surface area contributed by atoms with Crippen LogP contribution >= 0.6 is 0 Å². The second kappa shape index (κ2) is 7.98. The second-order valence-corrected chi connectivity index (χ2v) is 12.4. The number of aliphatic hydroxyl groups is 5. The minimum absolute atomic E-state index is 0.0504. The van der Waals surface area contributed by atoms with Gasteiger partial charge in [-0.15, -0.1) is 0 Å². The summed E-state index contributed by atoms with van der Waals surface area (Å²) in [5.74, 6) is 0.0200. The molecule has 0 aromatic rings. The van der Waals surface area contributed by atoms with E-state index < -0.39 is 54.3 Å². The molecule has 3 unspecified atom stereocenters. The molecule has 5 N–H and O–H groups in total. The van der Waals surface area contributed by atoms with Gasteiger partial charge in [0.05, 0.1) is 17.6 Å². The zero-order chi connectivity index (χ0) is 24.7. The van der Waals surface area contributed by atoms with Crippen LogP contribution in [0.15, 0.2) is 12.2 Å². The molecular formula is C26H40O8. The van der Waals surface area contributed by atoms with E-state index in [0.29, 0.717) is 12.3 Å². The molecule has 5 rings (SSSR count). The largest absolute Gasteiger partial charge is 0.432 e. The van der Waals surface area contributed by atoms with Gasteiger partial charge < -0.3 is 35.0 Å². The number of hydrogen-bond acceptors (Lipinski definition) is 8. The third-order valence-corrected chi connectivity index (χ3v) is 10.7. The Morgan fingerprint density at radius 3 is 2.47 bits per heavy atom. The first-order chi connectivity index (χ1) is 15.9. The molecule has 8 nitrogen and oxygen atoms in total. The van der Waals surface area contributed by atoms with Crippen molar-refractivity contribution in [3.05, 3.63) is 12.2 Å². The molecule has 0 amide bonds. The van der Waals surface area contributed by atoms with Crippen LogP contribution < -0.4 is 0 Å². The molecule has 0 aromatic heterocycles. The molecule has 1 heterocycles. The summed E-state index contributed by atoms with van der Waals surface area (Å²) in [6.45, 7) is 7.91. The van der Waals surface area contributed by atoms with Crippen molar-refractivity contribution in [2.45, 2.75) is 108 Å². The van der Waals surface area contributed by atoms with Gasteiger partial charge in [0.1, 0.15) is 24.4 Å². The smallest absolute Gasteiger partial charge is 0.314 e. The summed E-state index contributed by atoms with van der Waals surface area (Å²) in [5.41, 5.74) is -0.575. The maximum Gasteiger partial charge on any atom is 0.314 e. The van der Waals surface area contributed by atoms with E-state index in [4.69, 9.17) is 9.47 Å². The summed E-state index contributed by atoms with van der Waals surface area (Å²) in [7, 11) is 0. The highest BCUT2D eigenvalue weighted by Crippen LogP contribution is 2.73. The molecule has 8 heteroatoms. The van der Waals surface area contributed by atoms with Crippen LogP contribution in [0.2, 0.25) is 0 Å². The van der Waals surface area contributed by atoms with E-state index in [0.717, 1.165) is 56.9 Å². The highest BCUT2D eigenvalue weighted by Gasteiger charge is 2.68. The quantitative estimate of drug-likeness (QED) is 0.302. The summed E-state index contributed by atoms with van der Waals surface area (Å²) in [6, 6.07) is 0. The highest BCUT2D eigenvalue weighted by molar-refractivity contribution is 5.77. The van der Waals surface area contributed by atoms with E-state index >= 15 is 0 Å². The Morgan fingerprint density at radius 1 is 1.06 bits per heavy atom. The molecule has 5 fully saturated rings. The molecule has 4 saturated carbocycles. The van der Waals surface area contributed by atoms with Crippen molar-refractivity contribution in [1.82, 2.24) is 0 Å². The third kappa shape index (κ3) is 3.29. The summed E-state index contributed by atoms with van der Waals surface area (Å²) >= 11 is 0. The Bertz CT molecular complexity index is 860. The fourth-order valence-corrected chi connectivity index (χ4v) is 9.00. The van der Waals surface area contributed by atoms with E-state index in [1.54, 1.807) is 0 Å². The Morgan fingerprint density at radius 2 is 1.76 bits per heavy atom. The number of hydrogen-bond donors (Lipinski definition) is 5. The molecular weight excluding hydrogens is 440 g/mol. The Labute approximate surface area is 201 Å². The van der Waals surface area contributed by atoms with Gasteiger partial charge in [0.25, 0.3) is 0 Å². The summed E-state index contributed by atoms with van der Waals surface area (Å²) in [6.07, 6.45) is 0.422. The van der Waals surface area contributed by atoms with E-state index in [-0.39, 0.29) is 16.7 Å². The first kappa shape index (κ1) is 24.7.